The van der Waals surface area contributed by atoms with Crippen molar-refractivity contribution in [2.45, 2.75) is 20.0 Å². The topological polar surface area (TPSA) is 129 Å². The van der Waals surface area contributed by atoms with Gasteiger partial charge in [0.15, 0.2) is 18.1 Å². The molecule has 170 valence electrons. The summed E-state index contributed by atoms with van der Waals surface area (Å²) in [6, 6.07) is 6.88. The average molecular weight is 462 g/mol. The molecule has 1 aromatic heterocycles. The largest absolute Gasteiger partial charge is 0.485 e. The van der Waals surface area contributed by atoms with E-state index in [2.05, 4.69) is 10.6 Å². The van der Waals surface area contributed by atoms with Gasteiger partial charge in [-0.05, 0) is 31.5 Å². The molecule has 2 aromatic rings. The normalized spacial score (nSPS) is 14.3. The lowest BCUT2D eigenvalue weighted by Gasteiger charge is -2.24. The number of ether oxygens (including phenoxy) is 4. The molecule has 1 aliphatic rings. The van der Waals surface area contributed by atoms with Crippen LogP contribution in [-0.2, 0) is 19.1 Å². The molecular weight excluding hydrogens is 440 g/mol. The highest BCUT2D eigenvalue weighted by Gasteiger charge is 2.30. The highest BCUT2D eigenvalue weighted by Crippen LogP contribution is 2.34. The van der Waals surface area contributed by atoms with Crippen LogP contribution in [0.1, 0.15) is 32.5 Å². The standard InChI is InChI=1S/C21H22N2O8S/c1-4-28-21(27)16-11(2)17(18(25)22-3)32-19(16)23-15(24)10-30-20(26)14-9-29-12-7-5-6-8-13(12)31-14/h5-8,14H,4,9-10H2,1-3H3,(H,22,25)(H,23,24). The van der Waals surface area contributed by atoms with Crippen molar-refractivity contribution in [1.82, 2.24) is 5.32 Å². The number of carbonyl (C=O) groups excluding carboxylic acids is 4. The fourth-order valence-corrected chi connectivity index (χ4v) is 4.07. The van der Waals surface area contributed by atoms with Gasteiger partial charge in [-0.1, -0.05) is 12.1 Å². The predicted molar refractivity (Wildman–Crippen MR) is 114 cm³/mol. The van der Waals surface area contributed by atoms with Crippen LogP contribution in [0.15, 0.2) is 24.3 Å². The van der Waals surface area contributed by atoms with E-state index in [1.165, 1.54) is 7.05 Å². The zero-order chi connectivity index (χ0) is 23.3. The summed E-state index contributed by atoms with van der Waals surface area (Å²) in [5.41, 5.74) is 0.460. The van der Waals surface area contributed by atoms with Crippen LogP contribution >= 0.6 is 11.3 Å². The van der Waals surface area contributed by atoms with Gasteiger partial charge in [0.2, 0.25) is 6.10 Å². The van der Waals surface area contributed by atoms with Crippen LogP contribution in [0.2, 0.25) is 0 Å². The summed E-state index contributed by atoms with van der Waals surface area (Å²) in [5, 5.41) is 5.13. The van der Waals surface area contributed by atoms with Gasteiger partial charge in [0.1, 0.15) is 11.6 Å². The van der Waals surface area contributed by atoms with Gasteiger partial charge in [0.25, 0.3) is 11.8 Å². The molecular formula is C21H22N2O8S. The van der Waals surface area contributed by atoms with Crippen LogP contribution in [0.4, 0.5) is 5.00 Å². The number of amides is 2. The van der Waals surface area contributed by atoms with Gasteiger partial charge in [0, 0.05) is 7.05 Å². The third-order valence-electron chi connectivity index (χ3n) is 4.43. The van der Waals surface area contributed by atoms with Gasteiger partial charge < -0.3 is 29.6 Å². The van der Waals surface area contributed by atoms with Gasteiger partial charge in [-0.3, -0.25) is 9.59 Å². The maximum Gasteiger partial charge on any atom is 0.351 e. The van der Waals surface area contributed by atoms with Crippen molar-refractivity contribution in [1.29, 1.82) is 0 Å². The summed E-state index contributed by atoms with van der Waals surface area (Å²) in [6.07, 6.45) is -1.02. The zero-order valence-electron chi connectivity index (χ0n) is 17.7. The van der Waals surface area contributed by atoms with Crippen molar-refractivity contribution in [3.63, 3.8) is 0 Å². The lowest BCUT2D eigenvalue weighted by Crippen LogP contribution is -2.39. The lowest BCUT2D eigenvalue weighted by molar-refractivity contribution is -0.156. The molecule has 0 spiro atoms. The minimum Gasteiger partial charge on any atom is -0.485 e. The van der Waals surface area contributed by atoms with Gasteiger partial charge in [0.05, 0.1) is 17.0 Å². The molecule has 2 amide bonds. The van der Waals surface area contributed by atoms with Crippen molar-refractivity contribution in [3.8, 4) is 11.5 Å². The fourth-order valence-electron chi connectivity index (χ4n) is 2.91. The van der Waals surface area contributed by atoms with Gasteiger partial charge in [-0.15, -0.1) is 11.3 Å². The molecule has 2 N–H and O–H groups in total. The first kappa shape index (κ1) is 23.1. The maximum atomic E-state index is 12.4. The molecule has 32 heavy (non-hydrogen) atoms. The maximum absolute atomic E-state index is 12.4. The van der Waals surface area contributed by atoms with Crippen LogP contribution in [-0.4, -0.2) is 56.7 Å². The van der Waals surface area contributed by atoms with E-state index in [-0.39, 0.29) is 28.7 Å². The monoisotopic (exact) mass is 462 g/mol. The van der Waals surface area contributed by atoms with Crippen LogP contribution in [0.25, 0.3) is 0 Å². The van der Waals surface area contributed by atoms with E-state index < -0.39 is 36.5 Å². The Morgan fingerprint density at radius 2 is 1.88 bits per heavy atom. The second-order valence-corrected chi connectivity index (χ2v) is 7.60. The van der Waals surface area contributed by atoms with E-state index in [0.717, 1.165) is 11.3 Å². The number of benzene rings is 1. The Hall–Kier alpha value is -3.60. The van der Waals surface area contributed by atoms with E-state index in [9.17, 15) is 19.2 Å². The van der Waals surface area contributed by atoms with E-state index in [1.54, 1.807) is 38.1 Å². The Balaban J connectivity index is 1.65. The average Bonchev–Trinajstić information content (AvgIpc) is 3.12. The molecule has 1 unspecified atom stereocenters. The van der Waals surface area contributed by atoms with Crippen LogP contribution in [0.3, 0.4) is 0 Å². The summed E-state index contributed by atoms with van der Waals surface area (Å²) >= 11 is 0.926. The summed E-state index contributed by atoms with van der Waals surface area (Å²) in [7, 11) is 1.46. The third kappa shape index (κ3) is 4.99. The fraction of sp³-hybridized carbons (Fsp3) is 0.333. The number of hydrogen-bond acceptors (Lipinski definition) is 9. The molecule has 1 aliphatic heterocycles. The van der Waals surface area contributed by atoms with Crippen molar-refractivity contribution >= 4 is 40.1 Å². The van der Waals surface area contributed by atoms with E-state index in [0.29, 0.717) is 17.1 Å². The first-order valence-corrected chi connectivity index (χ1v) is 10.5. The molecule has 3 rings (SSSR count). The highest BCUT2D eigenvalue weighted by molar-refractivity contribution is 7.18. The number of carbonyl (C=O) groups is 4. The Kier molecular flexibility index (Phi) is 7.31. The summed E-state index contributed by atoms with van der Waals surface area (Å²) < 4.78 is 21.1. The number of nitrogens with one attached hydrogen (secondary N) is 2. The number of hydrogen-bond donors (Lipinski definition) is 2. The second kappa shape index (κ2) is 10.1. The number of thiophene rings is 1. The first-order chi connectivity index (χ1) is 15.3. The van der Waals surface area contributed by atoms with Crippen molar-refractivity contribution < 1.29 is 38.1 Å². The van der Waals surface area contributed by atoms with Crippen LogP contribution in [0, 0.1) is 6.92 Å². The lowest BCUT2D eigenvalue weighted by atomic mass is 10.1. The Morgan fingerprint density at radius 3 is 2.56 bits per heavy atom. The third-order valence-corrected chi connectivity index (χ3v) is 5.64. The number of esters is 2. The quantitative estimate of drug-likeness (QED) is 0.597. The van der Waals surface area contributed by atoms with Gasteiger partial charge >= 0.3 is 11.9 Å². The number of anilines is 1. The molecule has 0 radical (unpaired) electrons. The minimum absolute atomic E-state index is 0.0515. The molecule has 0 saturated carbocycles. The van der Waals surface area contributed by atoms with Crippen molar-refractivity contribution in [2.24, 2.45) is 0 Å². The molecule has 10 nitrogen and oxygen atoms in total. The predicted octanol–water partition coefficient (Wildman–Crippen LogP) is 1.91. The number of rotatable bonds is 7. The van der Waals surface area contributed by atoms with Crippen LogP contribution < -0.4 is 20.1 Å². The summed E-state index contributed by atoms with van der Waals surface area (Å²) in [6.45, 7) is 2.69. The summed E-state index contributed by atoms with van der Waals surface area (Å²) in [5.74, 6) is -1.62. The molecule has 2 heterocycles. The second-order valence-electron chi connectivity index (χ2n) is 6.58. The summed E-state index contributed by atoms with van der Waals surface area (Å²) in [4.78, 5) is 49.4. The van der Waals surface area contributed by atoms with Crippen molar-refractivity contribution in [3.05, 3.63) is 40.3 Å². The van der Waals surface area contributed by atoms with E-state index >= 15 is 0 Å². The van der Waals surface area contributed by atoms with E-state index in [1.807, 2.05) is 0 Å². The van der Waals surface area contributed by atoms with Crippen molar-refractivity contribution in [2.75, 3.05) is 32.2 Å². The Morgan fingerprint density at radius 1 is 1.16 bits per heavy atom. The first-order valence-electron chi connectivity index (χ1n) is 9.73. The van der Waals surface area contributed by atoms with Crippen LogP contribution in [0.5, 0.6) is 11.5 Å². The SMILES string of the molecule is CCOC(=O)c1c(NC(=O)COC(=O)C2COc3ccccc3O2)sc(C(=O)NC)c1C. The number of fused-ring (bicyclic) bond motifs is 1. The zero-order valence-corrected chi connectivity index (χ0v) is 18.5. The Labute approximate surface area is 187 Å². The minimum atomic E-state index is -1.02. The molecule has 1 aromatic carbocycles. The molecule has 0 bridgehead atoms. The van der Waals surface area contributed by atoms with E-state index in [4.69, 9.17) is 18.9 Å². The van der Waals surface area contributed by atoms with Gasteiger partial charge in [-0.2, -0.15) is 0 Å². The van der Waals surface area contributed by atoms with Gasteiger partial charge in [-0.25, -0.2) is 9.59 Å². The number of para-hydroxylation sites is 2. The molecule has 0 aliphatic carbocycles. The molecule has 0 saturated heterocycles. The Bertz CT molecular complexity index is 1050. The molecule has 11 heteroatoms. The highest BCUT2D eigenvalue weighted by atomic mass is 32.1. The molecule has 0 fully saturated rings. The molecule has 1 atom stereocenters. The smallest absolute Gasteiger partial charge is 0.351 e.